The van der Waals surface area contributed by atoms with Crippen LogP contribution >= 0.6 is 0 Å². The Morgan fingerprint density at radius 2 is 2.38 bits per heavy atom. The van der Waals surface area contributed by atoms with Crippen molar-refractivity contribution in [3.05, 3.63) is 54.5 Å². The summed E-state index contributed by atoms with van der Waals surface area (Å²) in [5, 5.41) is 0. The average molecular weight is 174 g/mol. The summed E-state index contributed by atoms with van der Waals surface area (Å²) in [7, 11) is 1.33. The minimum absolute atomic E-state index is 0.408. The maximum Gasteiger partial charge on any atom is 0.331 e. The van der Waals surface area contributed by atoms with E-state index in [0.717, 1.165) is 11.1 Å². The molecular formula is C11H10O2. The first-order valence-corrected chi connectivity index (χ1v) is 3.82. The first-order chi connectivity index (χ1) is 6.22. The first-order valence-electron chi connectivity index (χ1n) is 3.82. The van der Waals surface area contributed by atoms with Gasteiger partial charge in [0.2, 0.25) is 0 Å². The van der Waals surface area contributed by atoms with Gasteiger partial charge in [0.05, 0.1) is 7.11 Å². The second kappa shape index (κ2) is 4.45. The second-order valence-corrected chi connectivity index (χ2v) is 2.51. The Balaban J connectivity index is 2.74. The largest absolute Gasteiger partial charge is 0.466 e. The van der Waals surface area contributed by atoms with Crippen LogP contribution in [0.2, 0.25) is 0 Å². The van der Waals surface area contributed by atoms with E-state index in [1.165, 1.54) is 13.2 Å². The molecule has 0 heterocycles. The van der Waals surface area contributed by atoms with Gasteiger partial charge in [0.25, 0.3) is 0 Å². The average Bonchev–Trinajstić information content (AvgIpc) is 2.14. The van der Waals surface area contributed by atoms with E-state index in [9.17, 15) is 4.79 Å². The Morgan fingerprint density at radius 1 is 1.62 bits per heavy atom. The molecule has 0 unspecified atom stereocenters. The molecule has 0 amide bonds. The number of carbonyl (C=O) groups is 1. The van der Waals surface area contributed by atoms with E-state index in [4.69, 9.17) is 0 Å². The van der Waals surface area contributed by atoms with Crippen LogP contribution in [-0.2, 0) is 9.53 Å². The minimum atomic E-state index is -0.408. The third-order valence-electron chi connectivity index (χ3n) is 1.48. The molecule has 0 saturated heterocycles. The van der Waals surface area contributed by atoms with Crippen LogP contribution < -0.4 is 0 Å². The number of hydrogen-bond donors (Lipinski definition) is 0. The van der Waals surface area contributed by atoms with Crippen molar-refractivity contribution in [3.8, 4) is 0 Å². The Kier molecular flexibility index (Phi) is 3.26. The van der Waals surface area contributed by atoms with Crippen molar-refractivity contribution in [3.63, 3.8) is 0 Å². The Labute approximate surface area is 77.8 Å². The molecule has 0 atom stereocenters. The van der Waals surface area contributed by atoms with Gasteiger partial charge >= 0.3 is 5.97 Å². The fraction of sp³-hybridized carbons (Fsp3) is 0.0909. The Hall–Kier alpha value is -1.57. The van der Waals surface area contributed by atoms with Crippen molar-refractivity contribution < 1.29 is 9.53 Å². The van der Waals surface area contributed by atoms with E-state index in [-0.39, 0.29) is 0 Å². The standard InChI is InChI=1S/C11H10O2/c1-9-4-3-5-10(8-9)6-7-11(12)13-2/h3-5,7-8H,1H2,2H3. The maximum absolute atomic E-state index is 10.7. The van der Waals surface area contributed by atoms with Crippen molar-refractivity contribution in [2.75, 3.05) is 7.11 Å². The number of hydrogen-bond acceptors (Lipinski definition) is 2. The summed E-state index contributed by atoms with van der Waals surface area (Å²) in [5.74, 6) is -0.408. The monoisotopic (exact) mass is 174 g/mol. The number of methoxy groups -OCH3 is 1. The van der Waals surface area contributed by atoms with Gasteiger partial charge < -0.3 is 4.74 Å². The molecule has 2 radical (unpaired) electrons. The highest BCUT2D eigenvalue weighted by Gasteiger charge is 1.92. The number of carbonyl (C=O) groups excluding carboxylic acids is 1. The summed E-state index contributed by atoms with van der Waals surface area (Å²) >= 11 is 0. The maximum atomic E-state index is 10.7. The summed E-state index contributed by atoms with van der Waals surface area (Å²) < 4.78 is 4.43. The highest BCUT2D eigenvalue weighted by atomic mass is 16.5. The third kappa shape index (κ3) is 3.11. The zero-order chi connectivity index (χ0) is 9.68. The van der Waals surface area contributed by atoms with Crippen LogP contribution in [0.5, 0.6) is 0 Å². The summed E-state index contributed by atoms with van der Waals surface area (Å²) in [5.41, 5.74) is 1.71. The topological polar surface area (TPSA) is 26.3 Å². The molecule has 2 nitrogen and oxygen atoms in total. The molecule has 13 heavy (non-hydrogen) atoms. The molecule has 0 aliphatic carbocycles. The molecule has 1 aromatic carbocycles. The van der Waals surface area contributed by atoms with Crippen LogP contribution in [0.1, 0.15) is 11.1 Å². The molecule has 0 bridgehead atoms. The molecule has 1 rings (SSSR count). The molecule has 0 spiro atoms. The lowest BCUT2D eigenvalue weighted by Gasteiger charge is -1.94. The minimum Gasteiger partial charge on any atom is -0.466 e. The van der Waals surface area contributed by atoms with Gasteiger partial charge in [-0.05, 0) is 24.1 Å². The van der Waals surface area contributed by atoms with Crippen LogP contribution in [-0.4, -0.2) is 13.1 Å². The lowest BCUT2D eigenvalue weighted by Crippen LogP contribution is -1.93. The van der Waals surface area contributed by atoms with E-state index >= 15 is 0 Å². The van der Waals surface area contributed by atoms with E-state index in [0.29, 0.717) is 0 Å². The number of rotatable bonds is 2. The lowest BCUT2D eigenvalue weighted by molar-refractivity contribution is -0.134. The van der Waals surface area contributed by atoms with Crippen LogP contribution in [0.3, 0.4) is 0 Å². The predicted octanol–water partition coefficient (Wildman–Crippen LogP) is 1.75. The van der Waals surface area contributed by atoms with E-state index in [1.54, 1.807) is 0 Å². The van der Waals surface area contributed by atoms with Crippen LogP contribution in [0, 0.1) is 13.0 Å². The fourth-order valence-electron chi connectivity index (χ4n) is 0.862. The van der Waals surface area contributed by atoms with E-state index in [2.05, 4.69) is 17.7 Å². The molecule has 0 saturated carbocycles. The second-order valence-electron chi connectivity index (χ2n) is 2.51. The Bertz CT molecular complexity index is 327. The molecule has 0 N–H and O–H groups in total. The first kappa shape index (κ1) is 9.52. The highest BCUT2D eigenvalue weighted by molar-refractivity contribution is 5.81. The van der Waals surface area contributed by atoms with Gasteiger partial charge in [-0.25, -0.2) is 4.79 Å². The molecule has 66 valence electrons. The fourth-order valence-corrected chi connectivity index (χ4v) is 0.862. The smallest absolute Gasteiger partial charge is 0.331 e. The normalized spacial score (nSPS) is 10.3. The molecule has 2 heteroatoms. The lowest BCUT2D eigenvalue weighted by atomic mass is 10.1. The zero-order valence-corrected chi connectivity index (χ0v) is 7.41. The summed E-state index contributed by atoms with van der Waals surface area (Å²) in [6, 6.07) is 7.41. The summed E-state index contributed by atoms with van der Waals surface area (Å²) in [6.45, 7) is 3.76. The summed E-state index contributed by atoms with van der Waals surface area (Å²) in [4.78, 5) is 10.7. The van der Waals surface area contributed by atoms with E-state index < -0.39 is 5.97 Å². The van der Waals surface area contributed by atoms with Gasteiger partial charge in [-0.2, -0.15) is 0 Å². The van der Waals surface area contributed by atoms with Gasteiger partial charge in [0, 0.05) is 6.08 Å². The molecule has 0 aromatic heterocycles. The predicted molar refractivity (Wildman–Crippen MR) is 49.8 cm³/mol. The van der Waals surface area contributed by atoms with Crippen molar-refractivity contribution in [2.24, 2.45) is 0 Å². The number of esters is 1. The van der Waals surface area contributed by atoms with Crippen LogP contribution in [0.15, 0.2) is 30.3 Å². The van der Waals surface area contributed by atoms with Gasteiger partial charge in [-0.3, -0.25) is 0 Å². The van der Waals surface area contributed by atoms with Gasteiger partial charge in [-0.1, -0.05) is 24.3 Å². The number of benzene rings is 1. The molecular weight excluding hydrogens is 164 g/mol. The summed E-state index contributed by atoms with van der Waals surface area (Å²) in [6.07, 6.45) is 4.06. The highest BCUT2D eigenvalue weighted by Crippen LogP contribution is 2.03. The molecule has 1 aromatic rings. The molecule has 0 aliphatic heterocycles. The van der Waals surface area contributed by atoms with Crippen molar-refractivity contribution in [1.29, 1.82) is 0 Å². The van der Waals surface area contributed by atoms with Gasteiger partial charge in [0.1, 0.15) is 0 Å². The molecule has 0 aliphatic rings. The van der Waals surface area contributed by atoms with Crippen molar-refractivity contribution in [1.82, 2.24) is 0 Å². The quantitative estimate of drug-likeness (QED) is 0.504. The third-order valence-corrected chi connectivity index (χ3v) is 1.48. The van der Waals surface area contributed by atoms with Crippen LogP contribution in [0.4, 0.5) is 0 Å². The van der Waals surface area contributed by atoms with Crippen molar-refractivity contribution in [2.45, 2.75) is 0 Å². The Morgan fingerprint density at radius 3 is 3.00 bits per heavy atom. The van der Waals surface area contributed by atoms with E-state index in [1.807, 2.05) is 24.3 Å². The molecule has 0 fully saturated rings. The van der Waals surface area contributed by atoms with Gasteiger partial charge in [-0.15, -0.1) is 0 Å². The van der Waals surface area contributed by atoms with Crippen LogP contribution in [0.25, 0.3) is 0 Å². The van der Waals surface area contributed by atoms with Crippen molar-refractivity contribution >= 4 is 5.97 Å². The SMILES string of the molecule is [CH2]c1cccc([C]=CC(=O)OC)c1. The number of ether oxygens (including phenoxy) is 1. The van der Waals surface area contributed by atoms with Gasteiger partial charge in [0.15, 0.2) is 0 Å². The zero-order valence-electron chi connectivity index (χ0n) is 7.41.